The molecule has 0 bridgehead atoms. The molecule has 2 rings (SSSR count). The zero-order chi connectivity index (χ0) is 16.5. The summed E-state index contributed by atoms with van der Waals surface area (Å²) in [4.78, 5) is 22.4. The predicted molar refractivity (Wildman–Crippen MR) is 75.7 cm³/mol. The van der Waals surface area contributed by atoms with Crippen LogP contribution in [-0.4, -0.2) is 29.3 Å². The molecular formula is C14H17F2N3O3. The Morgan fingerprint density at radius 2 is 2.23 bits per heavy atom. The average Bonchev–Trinajstić information content (AvgIpc) is 2.79. The first-order valence-electron chi connectivity index (χ1n) is 6.86. The van der Waals surface area contributed by atoms with Crippen LogP contribution in [0.2, 0.25) is 0 Å². The van der Waals surface area contributed by atoms with Gasteiger partial charge < -0.3 is 5.32 Å². The molecule has 1 aliphatic rings. The van der Waals surface area contributed by atoms with Crippen molar-refractivity contribution in [2.45, 2.75) is 38.3 Å². The fraction of sp³-hybridized carbons (Fsp3) is 0.500. The number of benzene rings is 1. The molecule has 1 amide bonds. The van der Waals surface area contributed by atoms with Crippen LogP contribution in [0.3, 0.4) is 0 Å². The Hall–Kier alpha value is -2.09. The number of halogens is 2. The zero-order valence-electron chi connectivity index (χ0n) is 12.2. The topological polar surface area (TPSA) is 84.3 Å². The first kappa shape index (κ1) is 16.3. The largest absolute Gasteiger partial charge is 0.348 e. The van der Waals surface area contributed by atoms with Gasteiger partial charge in [-0.15, -0.1) is 0 Å². The predicted octanol–water partition coefficient (Wildman–Crippen LogP) is 2.08. The second-order valence-corrected chi connectivity index (χ2v) is 5.53. The van der Waals surface area contributed by atoms with Crippen molar-refractivity contribution in [3.8, 4) is 0 Å². The average molecular weight is 313 g/mol. The number of hydrogen-bond acceptors (Lipinski definition) is 4. The molecule has 1 fully saturated rings. The number of nitrogens with one attached hydrogen (secondary N) is 2. The van der Waals surface area contributed by atoms with Crippen molar-refractivity contribution in [2.75, 3.05) is 6.54 Å². The van der Waals surface area contributed by atoms with E-state index in [1.807, 2.05) is 0 Å². The number of carbonyl (C=O) groups is 1. The van der Waals surface area contributed by atoms with Gasteiger partial charge in [0.25, 0.3) is 11.6 Å². The van der Waals surface area contributed by atoms with Crippen LogP contribution in [0.25, 0.3) is 0 Å². The molecule has 6 nitrogen and oxygen atoms in total. The Morgan fingerprint density at radius 1 is 1.55 bits per heavy atom. The Labute approximate surface area is 126 Å². The van der Waals surface area contributed by atoms with Crippen molar-refractivity contribution in [2.24, 2.45) is 0 Å². The van der Waals surface area contributed by atoms with Crippen LogP contribution in [-0.2, 0) is 4.79 Å². The lowest BCUT2D eigenvalue weighted by molar-refractivity contribution is -0.385. The van der Waals surface area contributed by atoms with Crippen LogP contribution < -0.4 is 10.6 Å². The number of rotatable bonds is 4. The maximum Gasteiger partial charge on any atom is 0.272 e. The molecule has 2 atom stereocenters. The third-order valence-electron chi connectivity index (χ3n) is 3.72. The highest BCUT2D eigenvalue weighted by atomic mass is 19.3. The minimum Gasteiger partial charge on any atom is -0.348 e. The van der Waals surface area contributed by atoms with Crippen molar-refractivity contribution in [1.82, 2.24) is 10.6 Å². The molecule has 0 saturated carbocycles. The zero-order valence-corrected chi connectivity index (χ0v) is 12.2. The SMILES string of the molecule is Cc1ccc(C(C)NC(=O)C2CC(F)(F)CN2)cc1[N+](=O)[O-]. The summed E-state index contributed by atoms with van der Waals surface area (Å²) in [7, 11) is 0. The first-order chi connectivity index (χ1) is 10.2. The van der Waals surface area contributed by atoms with E-state index >= 15 is 0 Å². The van der Waals surface area contributed by atoms with Gasteiger partial charge in [-0.2, -0.15) is 0 Å². The molecular weight excluding hydrogens is 296 g/mol. The van der Waals surface area contributed by atoms with Gasteiger partial charge in [-0.25, -0.2) is 8.78 Å². The van der Waals surface area contributed by atoms with E-state index in [-0.39, 0.29) is 5.69 Å². The van der Waals surface area contributed by atoms with Gasteiger partial charge in [0.2, 0.25) is 5.91 Å². The smallest absolute Gasteiger partial charge is 0.272 e. The fourth-order valence-electron chi connectivity index (χ4n) is 2.39. The quantitative estimate of drug-likeness (QED) is 0.658. The molecule has 1 heterocycles. The van der Waals surface area contributed by atoms with Gasteiger partial charge in [-0.1, -0.05) is 12.1 Å². The Kier molecular flexibility index (Phi) is 4.41. The molecule has 22 heavy (non-hydrogen) atoms. The lowest BCUT2D eigenvalue weighted by Crippen LogP contribution is -2.41. The van der Waals surface area contributed by atoms with Gasteiger partial charge >= 0.3 is 0 Å². The third kappa shape index (κ3) is 3.56. The summed E-state index contributed by atoms with van der Waals surface area (Å²) in [6.07, 6.45) is -0.542. The highest BCUT2D eigenvalue weighted by Gasteiger charge is 2.42. The Balaban J connectivity index is 2.06. The highest BCUT2D eigenvalue weighted by molar-refractivity contribution is 5.82. The van der Waals surface area contributed by atoms with Gasteiger partial charge in [0.1, 0.15) is 0 Å². The molecule has 1 aliphatic heterocycles. The van der Waals surface area contributed by atoms with Gasteiger partial charge in [0.05, 0.1) is 23.6 Å². The lowest BCUT2D eigenvalue weighted by atomic mass is 10.0. The normalized spacial score (nSPS) is 21.4. The van der Waals surface area contributed by atoms with Crippen LogP contribution in [0.4, 0.5) is 14.5 Å². The van der Waals surface area contributed by atoms with Gasteiger partial charge in [-0.3, -0.25) is 20.2 Å². The molecule has 120 valence electrons. The molecule has 2 N–H and O–H groups in total. The molecule has 1 saturated heterocycles. The summed E-state index contributed by atoms with van der Waals surface area (Å²) in [6, 6.07) is 3.19. The number of alkyl halides is 2. The standard InChI is InChI=1S/C14H17F2N3O3/c1-8-3-4-10(5-12(8)19(21)22)9(2)18-13(20)11-6-14(15,16)7-17-11/h3-5,9,11,17H,6-7H2,1-2H3,(H,18,20). The number of nitro benzene ring substituents is 1. The van der Waals surface area contributed by atoms with Crippen molar-refractivity contribution in [3.63, 3.8) is 0 Å². The highest BCUT2D eigenvalue weighted by Crippen LogP contribution is 2.26. The van der Waals surface area contributed by atoms with Crippen molar-refractivity contribution < 1.29 is 18.5 Å². The molecule has 2 unspecified atom stereocenters. The second-order valence-electron chi connectivity index (χ2n) is 5.53. The summed E-state index contributed by atoms with van der Waals surface area (Å²) in [5.74, 6) is -3.42. The number of nitro groups is 1. The van der Waals surface area contributed by atoms with E-state index in [0.717, 1.165) is 0 Å². The van der Waals surface area contributed by atoms with Crippen molar-refractivity contribution in [1.29, 1.82) is 0 Å². The lowest BCUT2D eigenvalue weighted by Gasteiger charge is -2.17. The van der Waals surface area contributed by atoms with Crippen molar-refractivity contribution >= 4 is 11.6 Å². The van der Waals surface area contributed by atoms with E-state index in [0.29, 0.717) is 11.1 Å². The maximum absolute atomic E-state index is 13.1. The molecule has 0 aliphatic carbocycles. The number of aryl methyl sites for hydroxylation is 1. The van der Waals surface area contributed by atoms with E-state index in [9.17, 15) is 23.7 Å². The van der Waals surface area contributed by atoms with Crippen LogP contribution in [0.1, 0.15) is 30.5 Å². The fourth-order valence-corrected chi connectivity index (χ4v) is 2.39. The van der Waals surface area contributed by atoms with E-state index in [4.69, 9.17) is 0 Å². The van der Waals surface area contributed by atoms with E-state index < -0.39 is 41.8 Å². The second kappa shape index (κ2) is 5.96. The summed E-state index contributed by atoms with van der Waals surface area (Å²) >= 11 is 0. The number of nitrogens with zero attached hydrogens (tertiary/aromatic N) is 1. The molecule has 8 heteroatoms. The Bertz CT molecular complexity index is 607. The number of amides is 1. The van der Waals surface area contributed by atoms with Crippen molar-refractivity contribution in [3.05, 3.63) is 39.4 Å². The molecule has 1 aromatic carbocycles. The Morgan fingerprint density at radius 3 is 2.77 bits per heavy atom. The summed E-state index contributed by atoms with van der Waals surface area (Å²) in [6.45, 7) is 2.75. The number of hydrogen-bond donors (Lipinski definition) is 2. The van der Waals surface area contributed by atoms with Crippen LogP contribution in [0.5, 0.6) is 0 Å². The van der Waals surface area contributed by atoms with E-state index in [1.165, 1.54) is 6.07 Å². The third-order valence-corrected chi connectivity index (χ3v) is 3.72. The molecule has 1 aromatic rings. The molecule has 0 spiro atoms. The minimum absolute atomic E-state index is 0.0378. The van der Waals surface area contributed by atoms with E-state index in [1.54, 1.807) is 26.0 Å². The van der Waals surface area contributed by atoms with Crippen LogP contribution in [0.15, 0.2) is 18.2 Å². The summed E-state index contributed by atoms with van der Waals surface area (Å²) in [5.41, 5.74) is 1.03. The van der Waals surface area contributed by atoms with Crippen LogP contribution >= 0.6 is 0 Å². The monoisotopic (exact) mass is 313 g/mol. The minimum atomic E-state index is -2.88. The molecule has 0 aromatic heterocycles. The van der Waals surface area contributed by atoms with Gasteiger partial charge in [0, 0.05) is 18.1 Å². The molecule has 0 radical (unpaired) electrons. The summed E-state index contributed by atoms with van der Waals surface area (Å²) < 4.78 is 26.2. The maximum atomic E-state index is 13.1. The first-order valence-corrected chi connectivity index (χ1v) is 6.86. The van der Waals surface area contributed by atoms with E-state index in [2.05, 4.69) is 10.6 Å². The summed E-state index contributed by atoms with van der Waals surface area (Å²) in [5, 5.41) is 16.0. The number of carbonyl (C=O) groups excluding carboxylic acids is 1. The van der Waals surface area contributed by atoms with Gasteiger partial charge in [-0.05, 0) is 19.4 Å². The van der Waals surface area contributed by atoms with Gasteiger partial charge in [0.15, 0.2) is 0 Å². The van der Waals surface area contributed by atoms with Crippen LogP contribution in [0, 0.1) is 17.0 Å².